The summed E-state index contributed by atoms with van der Waals surface area (Å²) in [5.74, 6) is 5.88. The standard InChI is InChI=1S/C21H28N6O4/c1-2-3-4-5-10-13-25-18(22)14-19(26-13)27(11-23-14)21-16(29)15(28)17(31-21)20(30)24-12-8-6-7-9-12/h11-12,15-17,21,28-29H,2-4,6-9H2,1H3,(H,24,30)(H2,22,25,26)/t15-,16+,17-,21+/m0/s1. The number of aromatic nitrogens is 4. The average Bonchev–Trinajstić information content (AvgIpc) is 3.47. The van der Waals surface area contributed by atoms with Crippen LogP contribution in [0.5, 0.6) is 0 Å². The van der Waals surface area contributed by atoms with Gasteiger partial charge in [-0.1, -0.05) is 32.1 Å². The van der Waals surface area contributed by atoms with Crippen LogP contribution in [0, 0.1) is 11.8 Å². The molecule has 1 amide bonds. The number of unbranched alkanes of at least 4 members (excludes halogenated alkanes) is 2. The number of rotatable bonds is 5. The van der Waals surface area contributed by atoms with Crippen LogP contribution in [-0.4, -0.2) is 60.0 Å². The molecule has 2 fully saturated rings. The van der Waals surface area contributed by atoms with Crippen LogP contribution in [0.15, 0.2) is 6.33 Å². The molecule has 31 heavy (non-hydrogen) atoms. The zero-order valence-electron chi connectivity index (χ0n) is 17.5. The number of anilines is 1. The summed E-state index contributed by atoms with van der Waals surface area (Å²) in [6.45, 7) is 2.09. The normalized spacial score (nSPS) is 26.2. The Morgan fingerprint density at radius 3 is 2.84 bits per heavy atom. The van der Waals surface area contributed by atoms with Gasteiger partial charge in [-0.05, 0) is 25.2 Å². The Hall–Kier alpha value is -2.74. The minimum atomic E-state index is -1.38. The number of aliphatic hydroxyl groups is 2. The maximum Gasteiger partial charge on any atom is 0.252 e. The lowest BCUT2D eigenvalue weighted by Gasteiger charge is -2.18. The van der Waals surface area contributed by atoms with Crippen molar-refractivity contribution in [3.8, 4) is 11.8 Å². The van der Waals surface area contributed by atoms with Gasteiger partial charge in [-0.25, -0.2) is 15.0 Å². The highest BCUT2D eigenvalue weighted by Crippen LogP contribution is 2.32. The number of nitrogens with two attached hydrogens (primary N) is 1. The largest absolute Gasteiger partial charge is 0.387 e. The molecule has 2 aromatic rings. The molecule has 4 atom stereocenters. The van der Waals surface area contributed by atoms with Crippen LogP contribution in [0.2, 0.25) is 0 Å². The van der Waals surface area contributed by atoms with E-state index in [0.29, 0.717) is 11.2 Å². The number of nitrogen functional groups attached to an aromatic ring is 1. The number of fused-ring (bicyclic) bond motifs is 1. The second-order valence-electron chi connectivity index (χ2n) is 8.08. The second-order valence-corrected chi connectivity index (χ2v) is 8.08. The molecule has 0 aromatic carbocycles. The number of nitrogens with zero attached hydrogens (tertiary/aromatic N) is 4. The number of hydrogen-bond donors (Lipinski definition) is 4. The lowest BCUT2D eigenvalue weighted by Crippen LogP contribution is -2.45. The summed E-state index contributed by atoms with van der Waals surface area (Å²) < 4.78 is 7.24. The Morgan fingerprint density at radius 1 is 1.32 bits per heavy atom. The Kier molecular flexibility index (Phi) is 6.36. The minimum Gasteiger partial charge on any atom is -0.387 e. The molecule has 1 aliphatic carbocycles. The van der Waals surface area contributed by atoms with Gasteiger partial charge in [0.25, 0.3) is 5.91 Å². The molecule has 0 bridgehead atoms. The smallest absolute Gasteiger partial charge is 0.252 e. The quantitative estimate of drug-likeness (QED) is 0.400. The minimum absolute atomic E-state index is 0.0787. The molecule has 1 saturated heterocycles. The first-order valence-corrected chi connectivity index (χ1v) is 10.8. The third-order valence-corrected chi connectivity index (χ3v) is 5.78. The number of hydrogen-bond acceptors (Lipinski definition) is 8. The van der Waals surface area contributed by atoms with E-state index in [1.807, 2.05) is 0 Å². The third-order valence-electron chi connectivity index (χ3n) is 5.78. The van der Waals surface area contributed by atoms with E-state index in [2.05, 4.69) is 39.0 Å². The van der Waals surface area contributed by atoms with Crippen LogP contribution >= 0.6 is 0 Å². The van der Waals surface area contributed by atoms with Gasteiger partial charge in [0.15, 0.2) is 23.8 Å². The monoisotopic (exact) mass is 428 g/mol. The van der Waals surface area contributed by atoms with E-state index in [-0.39, 0.29) is 17.7 Å². The topological polar surface area (TPSA) is 148 Å². The summed E-state index contributed by atoms with van der Waals surface area (Å²) >= 11 is 0. The SMILES string of the molecule is CCCCC#Cc1nc(N)c2ncn([C@@H]3O[C@H](C(=O)NC4CCCC4)[C@@H](O)[C@H]3O)c2n1. The van der Waals surface area contributed by atoms with E-state index in [9.17, 15) is 15.0 Å². The number of aliphatic hydroxyl groups excluding tert-OH is 2. The molecule has 0 unspecified atom stereocenters. The van der Waals surface area contributed by atoms with Crippen LogP contribution in [0.25, 0.3) is 11.2 Å². The molecular weight excluding hydrogens is 400 g/mol. The van der Waals surface area contributed by atoms with Crippen molar-refractivity contribution in [3.63, 3.8) is 0 Å². The first-order chi connectivity index (χ1) is 15.0. The van der Waals surface area contributed by atoms with Gasteiger partial charge in [0.2, 0.25) is 5.82 Å². The van der Waals surface area contributed by atoms with Crippen molar-refractivity contribution in [2.75, 3.05) is 5.73 Å². The predicted octanol–water partition coefficient (Wildman–Crippen LogP) is 0.628. The van der Waals surface area contributed by atoms with E-state index in [1.54, 1.807) is 0 Å². The molecule has 2 aromatic heterocycles. The molecule has 0 radical (unpaired) electrons. The lowest BCUT2D eigenvalue weighted by molar-refractivity contribution is -0.138. The number of ether oxygens (including phenoxy) is 1. The molecular formula is C21H28N6O4. The van der Waals surface area contributed by atoms with Crippen LogP contribution in [0.1, 0.15) is 63.9 Å². The Balaban J connectivity index is 1.57. The Labute approximate surface area is 180 Å². The highest BCUT2D eigenvalue weighted by atomic mass is 16.6. The summed E-state index contributed by atoms with van der Waals surface area (Å²) in [7, 11) is 0. The maximum absolute atomic E-state index is 12.6. The fourth-order valence-electron chi connectivity index (χ4n) is 4.05. The number of imidazole rings is 1. The molecule has 5 N–H and O–H groups in total. The summed E-state index contributed by atoms with van der Waals surface area (Å²) in [5, 5.41) is 24.0. The van der Waals surface area contributed by atoms with Gasteiger partial charge in [0, 0.05) is 12.5 Å². The summed E-state index contributed by atoms with van der Waals surface area (Å²) in [6.07, 6.45) is 3.14. The van der Waals surface area contributed by atoms with E-state index in [4.69, 9.17) is 10.5 Å². The van der Waals surface area contributed by atoms with E-state index in [1.165, 1.54) is 10.9 Å². The summed E-state index contributed by atoms with van der Waals surface area (Å²) in [6, 6.07) is 0.0787. The van der Waals surface area contributed by atoms with Crippen LogP contribution in [0.3, 0.4) is 0 Å². The second kappa shape index (κ2) is 9.18. The Bertz CT molecular complexity index is 1010. The molecule has 1 aliphatic heterocycles. The average molecular weight is 428 g/mol. The van der Waals surface area contributed by atoms with Crippen molar-refractivity contribution in [2.24, 2.45) is 0 Å². The molecule has 0 spiro atoms. The maximum atomic E-state index is 12.6. The van der Waals surface area contributed by atoms with Crippen LogP contribution in [-0.2, 0) is 9.53 Å². The molecule has 10 nitrogen and oxygen atoms in total. The van der Waals surface area contributed by atoms with E-state index < -0.39 is 30.4 Å². The number of amides is 1. The summed E-state index contributed by atoms with van der Waals surface area (Å²) in [5.41, 5.74) is 6.67. The van der Waals surface area contributed by atoms with Gasteiger partial charge < -0.3 is 26.0 Å². The fraction of sp³-hybridized carbons (Fsp3) is 0.619. The highest BCUT2D eigenvalue weighted by molar-refractivity contribution is 5.83. The first kappa shape index (κ1) is 21.5. The van der Waals surface area contributed by atoms with E-state index in [0.717, 1.165) is 44.9 Å². The molecule has 1 saturated carbocycles. The predicted molar refractivity (Wildman–Crippen MR) is 112 cm³/mol. The van der Waals surface area contributed by atoms with Crippen molar-refractivity contribution in [1.29, 1.82) is 0 Å². The van der Waals surface area contributed by atoms with Crippen molar-refractivity contribution >= 4 is 22.9 Å². The van der Waals surface area contributed by atoms with Crippen molar-refractivity contribution in [3.05, 3.63) is 12.2 Å². The van der Waals surface area contributed by atoms with Crippen LogP contribution < -0.4 is 11.1 Å². The fourth-order valence-corrected chi connectivity index (χ4v) is 4.05. The van der Waals surface area contributed by atoms with Gasteiger partial charge in [-0.15, -0.1) is 0 Å². The summed E-state index contributed by atoms with van der Waals surface area (Å²) in [4.78, 5) is 25.4. The van der Waals surface area contributed by atoms with Crippen LogP contribution in [0.4, 0.5) is 5.82 Å². The molecule has 10 heteroatoms. The van der Waals surface area contributed by atoms with Gasteiger partial charge >= 0.3 is 0 Å². The highest BCUT2D eigenvalue weighted by Gasteiger charge is 2.48. The van der Waals surface area contributed by atoms with Crippen molar-refractivity contribution < 1.29 is 19.7 Å². The lowest BCUT2D eigenvalue weighted by atomic mass is 10.1. The first-order valence-electron chi connectivity index (χ1n) is 10.8. The Morgan fingerprint density at radius 2 is 2.10 bits per heavy atom. The molecule has 2 aliphatic rings. The third kappa shape index (κ3) is 4.35. The van der Waals surface area contributed by atoms with Gasteiger partial charge in [0.05, 0.1) is 6.33 Å². The van der Waals surface area contributed by atoms with E-state index >= 15 is 0 Å². The van der Waals surface area contributed by atoms with Gasteiger partial charge in [0.1, 0.15) is 17.7 Å². The zero-order valence-corrected chi connectivity index (χ0v) is 17.5. The van der Waals surface area contributed by atoms with Crippen molar-refractivity contribution in [2.45, 2.75) is 82.5 Å². The molecule has 3 heterocycles. The zero-order chi connectivity index (χ0) is 22.0. The number of carbonyl (C=O) groups is 1. The number of nitrogens with one attached hydrogen (secondary N) is 1. The number of carbonyl (C=O) groups excluding carboxylic acids is 1. The van der Waals surface area contributed by atoms with Gasteiger partial charge in [-0.2, -0.15) is 0 Å². The molecule has 4 rings (SSSR count). The van der Waals surface area contributed by atoms with Crippen molar-refractivity contribution in [1.82, 2.24) is 24.8 Å². The van der Waals surface area contributed by atoms with Gasteiger partial charge in [-0.3, -0.25) is 9.36 Å². The molecule has 166 valence electrons.